The number of likely N-dealkylation sites (N-methyl/N-ethyl adjacent to an activating group) is 1. The molecule has 26 heavy (non-hydrogen) atoms. The molecule has 0 amide bonds. The fourth-order valence-electron chi connectivity index (χ4n) is 3.08. The number of aliphatic imine (C=N–C) groups is 1. The molecule has 0 unspecified atom stereocenters. The summed E-state index contributed by atoms with van der Waals surface area (Å²) in [6, 6.07) is 9.34. The number of benzene rings is 1. The number of pyridine rings is 1. The maximum Gasteiger partial charge on any atom is 0.141 e. The van der Waals surface area contributed by atoms with Gasteiger partial charge >= 0.3 is 0 Å². The molecule has 0 fully saturated rings. The monoisotopic (exact) mass is 350 g/mol. The first-order valence-corrected chi connectivity index (χ1v) is 8.68. The fourth-order valence-corrected chi connectivity index (χ4v) is 3.08. The van der Waals surface area contributed by atoms with E-state index in [0.29, 0.717) is 16.9 Å². The lowest BCUT2D eigenvalue weighted by molar-refractivity contribution is 0.621. The molecule has 0 aliphatic carbocycles. The molecule has 5 heteroatoms. The third-order valence-electron chi connectivity index (χ3n) is 4.52. The minimum Gasteiger partial charge on any atom is -0.343 e. The number of halogens is 1. The van der Waals surface area contributed by atoms with Crippen molar-refractivity contribution in [1.82, 2.24) is 4.98 Å². The van der Waals surface area contributed by atoms with E-state index in [0.717, 1.165) is 35.6 Å². The van der Waals surface area contributed by atoms with Crippen LogP contribution in [0.4, 0.5) is 15.9 Å². The van der Waals surface area contributed by atoms with E-state index < -0.39 is 0 Å². The lowest BCUT2D eigenvalue weighted by atomic mass is 9.97. The van der Waals surface area contributed by atoms with E-state index in [1.165, 1.54) is 0 Å². The van der Waals surface area contributed by atoms with Gasteiger partial charge in [-0.25, -0.2) is 9.37 Å². The Morgan fingerprint density at radius 1 is 1.31 bits per heavy atom. The molecule has 3 rings (SSSR count). The maximum atomic E-state index is 15.3. The van der Waals surface area contributed by atoms with Gasteiger partial charge in [0.2, 0.25) is 0 Å². The number of aromatic nitrogens is 1. The number of anilines is 2. The van der Waals surface area contributed by atoms with Gasteiger partial charge in [-0.05, 0) is 36.8 Å². The molecule has 4 nitrogen and oxygen atoms in total. The van der Waals surface area contributed by atoms with Crippen LogP contribution in [0.3, 0.4) is 0 Å². The van der Waals surface area contributed by atoms with Crippen LogP contribution in [0.15, 0.2) is 59.5 Å². The molecule has 1 aromatic carbocycles. The van der Waals surface area contributed by atoms with Crippen molar-refractivity contribution in [3.05, 3.63) is 71.4 Å². The van der Waals surface area contributed by atoms with E-state index in [1.807, 2.05) is 36.2 Å². The second-order valence-electron chi connectivity index (χ2n) is 6.18. The van der Waals surface area contributed by atoms with Gasteiger partial charge in [0, 0.05) is 37.1 Å². The first-order chi connectivity index (χ1) is 12.6. The van der Waals surface area contributed by atoms with Crippen molar-refractivity contribution in [2.45, 2.75) is 19.8 Å². The maximum absolute atomic E-state index is 15.3. The molecule has 2 heterocycles. The van der Waals surface area contributed by atoms with Crippen molar-refractivity contribution in [1.29, 1.82) is 0 Å². The number of hydrogen-bond donors (Lipinski definition) is 1. The van der Waals surface area contributed by atoms with Crippen LogP contribution in [-0.2, 0) is 0 Å². The molecule has 0 spiro atoms. The largest absolute Gasteiger partial charge is 0.343 e. The molecule has 1 aromatic heterocycles. The number of rotatable bonds is 5. The van der Waals surface area contributed by atoms with Gasteiger partial charge in [-0.3, -0.25) is 4.99 Å². The van der Waals surface area contributed by atoms with Gasteiger partial charge in [-0.1, -0.05) is 26.0 Å². The van der Waals surface area contributed by atoms with Gasteiger partial charge in [-0.15, -0.1) is 0 Å². The summed E-state index contributed by atoms with van der Waals surface area (Å²) in [5, 5.41) is 3.23. The summed E-state index contributed by atoms with van der Waals surface area (Å²) >= 11 is 0. The highest BCUT2D eigenvalue weighted by Gasteiger charge is 2.24. The Bertz CT molecular complexity index is 884. The molecule has 0 bridgehead atoms. The summed E-state index contributed by atoms with van der Waals surface area (Å²) in [5.41, 5.74) is 4.14. The van der Waals surface area contributed by atoms with Crippen molar-refractivity contribution in [2.75, 3.05) is 24.3 Å². The molecular formula is C21H23FN4. The summed E-state index contributed by atoms with van der Waals surface area (Å²) in [4.78, 5) is 10.4. The van der Waals surface area contributed by atoms with E-state index >= 15 is 4.39 Å². The molecule has 1 aliphatic heterocycles. The van der Waals surface area contributed by atoms with Crippen LogP contribution in [0.25, 0.3) is 6.08 Å². The summed E-state index contributed by atoms with van der Waals surface area (Å²) < 4.78 is 15.3. The Morgan fingerprint density at radius 2 is 2.12 bits per heavy atom. The van der Waals surface area contributed by atoms with Crippen molar-refractivity contribution in [3.8, 4) is 0 Å². The van der Waals surface area contributed by atoms with Gasteiger partial charge in [0.15, 0.2) is 0 Å². The van der Waals surface area contributed by atoms with Gasteiger partial charge in [0.05, 0.1) is 17.1 Å². The molecule has 134 valence electrons. The van der Waals surface area contributed by atoms with Crippen molar-refractivity contribution in [2.24, 2.45) is 4.99 Å². The Labute approximate surface area is 153 Å². The summed E-state index contributed by atoms with van der Waals surface area (Å²) in [7, 11) is 3.59. The highest BCUT2D eigenvalue weighted by atomic mass is 19.1. The van der Waals surface area contributed by atoms with Crippen LogP contribution in [-0.4, -0.2) is 24.8 Å². The zero-order valence-electron chi connectivity index (χ0n) is 15.4. The zero-order valence-corrected chi connectivity index (χ0v) is 15.4. The lowest BCUT2D eigenvalue weighted by Gasteiger charge is -2.31. The fraction of sp³-hybridized carbons (Fsp3) is 0.238. The van der Waals surface area contributed by atoms with Crippen LogP contribution in [0.2, 0.25) is 0 Å². The van der Waals surface area contributed by atoms with E-state index in [9.17, 15) is 0 Å². The molecular weight excluding hydrogens is 327 g/mol. The van der Waals surface area contributed by atoms with Crippen LogP contribution < -0.4 is 10.2 Å². The molecule has 0 atom stereocenters. The first-order valence-electron chi connectivity index (χ1n) is 8.68. The van der Waals surface area contributed by atoms with E-state index in [1.54, 1.807) is 25.4 Å². The van der Waals surface area contributed by atoms with Crippen LogP contribution in [0, 0.1) is 5.82 Å². The van der Waals surface area contributed by atoms with Crippen molar-refractivity contribution in [3.63, 3.8) is 0 Å². The van der Waals surface area contributed by atoms with Crippen LogP contribution in [0.1, 0.15) is 30.9 Å². The number of hydrogen-bond acceptors (Lipinski definition) is 4. The van der Waals surface area contributed by atoms with Gasteiger partial charge in [0.25, 0.3) is 0 Å². The van der Waals surface area contributed by atoms with Crippen LogP contribution >= 0.6 is 0 Å². The summed E-state index contributed by atoms with van der Waals surface area (Å²) in [6.45, 7) is 6.19. The SMILES string of the molecule is C=C1C(Nc2ccccn2)=Cc2c(ccc(C(CCC)=NC)c2F)N1C. The predicted molar refractivity (Wildman–Crippen MR) is 107 cm³/mol. The van der Waals surface area contributed by atoms with Crippen LogP contribution in [0.5, 0.6) is 0 Å². The average Bonchev–Trinajstić information content (AvgIpc) is 2.66. The van der Waals surface area contributed by atoms with E-state index in [-0.39, 0.29) is 5.82 Å². The molecule has 2 aromatic rings. The molecule has 1 N–H and O–H groups in total. The lowest BCUT2D eigenvalue weighted by Crippen LogP contribution is -2.25. The molecule has 0 saturated carbocycles. The smallest absolute Gasteiger partial charge is 0.141 e. The highest BCUT2D eigenvalue weighted by molar-refractivity contribution is 6.02. The quantitative estimate of drug-likeness (QED) is 0.783. The minimum absolute atomic E-state index is 0.253. The zero-order chi connectivity index (χ0) is 18.7. The Hall–Kier alpha value is -2.95. The topological polar surface area (TPSA) is 40.5 Å². The van der Waals surface area contributed by atoms with Gasteiger partial charge in [0.1, 0.15) is 11.6 Å². The van der Waals surface area contributed by atoms with Gasteiger partial charge < -0.3 is 10.2 Å². The number of nitrogens with one attached hydrogen (secondary N) is 1. The minimum atomic E-state index is -0.253. The summed E-state index contributed by atoms with van der Waals surface area (Å²) in [5.74, 6) is 0.436. The molecule has 0 saturated heterocycles. The molecule has 0 radical (unpaired) electrons. The molecule has 1 aliphatic rings. The second-order valence-corrected chi connectivity index (χ2v) is 6.18. The third kappa shape index (κ3) is 3.25. The van der Waals surface area contributed by atoms with Crippen molar-refractivity contribution >= 4 is 23.3 Å². The Morgan fingerprint density at radius 3 is 2.77 bits per heavy atom. The average molecular weight is 350 g/mol. The number of fused-ring (bicyclic) bond motifs is 1. The summed E-state index contributed by atoms with van der Waals surface area (Å²) in [6.07, 6.45) is 5.17. The highest BCUT2D eigenvalue weighted by Crippen LogP contribution is 2.36. The number of nitrogens with zero attached hydrogens (tertiary/aromatic N) is 3. The van der Waals surface area contributed by atoms with E-state index in [4.69, 9.17) is 0 Å². The first kappa shape index (κ1) is 17.9. The van der Waals surface area contributed by atoms with Gasteiger partial charge in [-0.2, -0.15) is 0 Å². The van der Waals surface area contributed by atoms with Crippen molar-refractivity contribution < 1.29 is 4.39 Å². The van der Waals surface area contributed by atoms with E-state index in [2.05, 4.69) is 28.8 Å². The predicted octanol–water partition coefficient (Wildman–Crippen LogP) is 4.86. The third-order valence-corrected chi connectivity index (χ3v) is 4.52. The standard InChI is InChI=1S/C21H23FN4/c1-5-8-17(23-3)15-10-11-19-16(21(15)22)13-18(14(2)26(19)4)25-20-9-6-7-12-24-20/h6-7,9-13H,2,5,8H2,1,3-4H3,(H,24,25). The normalized spacial score (nSPS) is 14.2. The Kier molecular flexibility index (Phi) is 5.16. The Balaban J connectivity index is 2.07. The second kappa shape index (κ2) is 7.52.